The lowest BCUT2D eigenvalue weighted by molar-refractivity contribution is -0.124. The molecule has 0 saturated carbocycles. The number of likely N-dealkylation sites (tertiary alicyclic amines) is 1. The van der Waals surface area contributed by atoms with E-state index in [0.717, 1.165) is 38.5 Å². The lowest BCUT2D eigenvalue weighted by Gasteiger charge is -2.35. The van der Waals surface area contributed by atoms with Crippen molar-refractivity contribution in [1.29, 1.82) is 0 Å². The molecule has 1 saturated heterocycles. The summed E-state index contributed by atoms with van der Waals surface area (Å²) >= 11 is 0. The number of nitrogens with zero attached hydrogens (tertiary/aromatic N) is 2. The van der Waals surface area contributed by atoms with Gasteiger partial charge in [0.25, 0.3) is 0 Å². The van der Waals surface area contributed by atoms with E-state index in [9.17, 15) is 14.0 Å². The Kier molecular flexibility index (Phi) is 9.82. The van der Waals surface area contributed by atoms with Crippen molar-refractivity contribution >= 4 is 17.6 Å². The summed E-state index contributed by atoms with van der Waals surface area (Å²) in [7, 11) is 0. The van der Waals surface area contributed by atoms with Gasteiger partial charge in [0.1, 0.15) is 5.83 Å². The second-order valence-electron chi connectivity index (χ2n) is 9.10. The quantitative estimate of drug-likeness (QED) is 0.598. The molecule has 1 aromatic heterocycles. The molecular weight excluding hydrogens is 433 g/mol. The minimum absolute atomic E-state index is 0.132. The van der Waals surface area contributed by atoms with Crippen LogP contribution in [-0.4, -0.2) is 47.5 Å². The van der Waals surface area contributed by atoms with E-state index in [1.807, 2.05) is 6.08 Å². The Morgan fingerprint density at radius 3 is 2.65 bits per heavy atom. The summed E-state index contributed by atoms with van der Waals surface area (Å²) in [5.41, 5.74) is 7.61. The van der Waals surface area contributed by atoms with E-state index in [2.05, 4.69) is 22.2 Å². The highest BCUT2D eigenvalue weighted by atomic mass is 19.1. The van der Waals surface area contributed by atoms with Gasteiger partial charge in [0, 0.05) is 43.8 Å². The fraction of sp³-hybridized carbons (Fsp3) is 0.500. The predicted octanol–water partition coefficient (Wildman–Crippen LogP) is 4.32. The molecule has 2 unspecified atom stereocenters. The molecule has 7 nitrogen and oxygen atoms in total. The Hall–Kier alpha value is -3.00. The van der Waals surface area contributed by atoms with Crippen LogP contribution in [0.1, 0.15) is 44.9 Å². The number of rotatable bonds is 5. The molecule has 34 heavy (non-hydrogen) atoms. The normalized spacial score (nSPS) is 23.7. The second-order valence-corrected chi connectivity index (χ2v) is 9.10. The lowest BCUT2D eigenvalue weighted by atomic mass is 9.89. The summed E-state index contributed by atoms with van der Waals surface area (Å²) in [5, 5.41) is 5.84. The summed E-state index contributed by atoms with van der Waals surface area (Å²) in [5.74, 6) is -0.769. The van der Waals surface area contributed by atoms with Crippen LogP contribution in [0.3, 0.4) is 0 Å². The zero-order chi connectivity index (χ0) is 24.3. The van der Waals surface area contributed by atoms with Crippen molar-refractivity contribution in [3.05, 3.63) is 60.7 Å². The average molecular weight is 470 g/mol. The van der Waals surface area contributed by atoms with Gasteiger partial charge in [-0.1, -0.05) is 25.5 Å². The van der Waals surface area contributed by atoms with Crippen LogP contribution in [0.15, 0.2) is 60.7 Å². The van der Waals surface area contributed by atoms with E-state index in [-0.39, 0.29) is 29.7 Å². The Bertz CT molecular complexity index is 894. The van der Waals surface area contributed by atoms with Gasteiger partial charge in [-0.25, -0.2) is 9.18 Å². The first kappa shape index (κ1) is 25.6. The number of aromatic nitrogens is 1. The van der Waals surface area contributed by atoms with Crippen LogP contribution in [0.4, 0.5) is 14.9 Å². The number of urea groups is 1. The first-order chi connectivity index (χ1) is 16.4. The number of halogens is 1. The maximum Gasteiger partial charge on any atom is 0.321 e. The van der Waals surface area contributed by atoms with Crippen LogP contribution in [0.25, 0.3) is 0 Å². The minimum atomic E-state index is -0.455. The number of nitrogens with one attached hydrogen (secondary N) is 2. The van der Waals surface area contributed by atoms with Crippen LogP contribution < -0.4 is 16.4 Å². The van der Waals surface area contributed by atoms with Crippen molar-refractivity contribution < 1.29 is 14.0 Å². The lowest BCUT2D eigenvalue weighted by Crippen LogP contribution is -2.49. The largest absolute Gasteiger partial charge is 0.354 e. The van der Waals surface area contributed by atoms with Gasteiger partial charge in [-0.05, 0) is 67.9 Å². The van der Waals surface area contributed by atoms with E-state index in [0.29, 0.717) is 37.3 Å². The minimum Gasteiger partial charge on any atom is -0.354 e. The number of piperidine rings is 1. The number of carbonyl (C=O) groups excluding carboxylic acids is 2. The number of allylic oxidation sites excluding steroid dienone is 4. The Balaban J connectivity index is 1.46. The molecule has 1 aliphatic heterocycles. The maximum atomic E-state index is 14.1. The fourth-order valence-electron chi connectivity index (χ4n) is 4.47. The molecule has 0 radical (unpaired) electrons. The topological polar surface area (TPSA) is 100 Å². The van der Waals surface area contributed by atoms with Gasteiger partial charge in [0.15, 0.2) is 0 Å². The number of carbonyl (C=O) groups is 2. The smallest absolute Gasteiger partial charge is 0.321 e. The van der Waals surface area contributed by atoms with Crippen molar-refractivity contribution in [3.8, 4) is 0 Å². The third-order valence-corrected chi connectivity index (χ3v) is 6.60. The predicted molar refractivity (Wildman–Crippen MR) is 133 cm³/mol. The van der Waals surface area contributed by atoms with E-state index in [4.69, 9.17) is 5.73 Å². The molecule has 4 N–H and O–H groups in total. The van der Waals surface area contributed by atoms with Gasteiger partial charge in [-0.3, -0.25) is 9.78 Å². The summed E-state index contributed by atoms with van der Waals surface area (Å²) in [6.45, 7) is 5.53. The number of pyridine rings is 1. The van der Waals surface area contributed by atoms with Crippen molar-refractivity contribution in [2.75, 3.05) is 25.0 Å². The van der Waals surface area contributed by atoms with Crippen molar-refractivity contribution in [1.82, 2.24) is 15.2 Å². The van der Waals surface area contributed by atoms with Gasteiger partial charge in [0.05, 0.1) is 5.92 Å². The van der Waals surface area contributed by atoms with Crippen LogP contribution >= 0.6 is 0 Å². The molecule has 0 aromatic carbocycles. The molecule has 1 aliphatic carbocycles. The highest BCUT2D eigenvalue weighted by Crippen LogP contribution is 2.24. The average Bonchev–Trinajstić information content (AvgIpc) is 2.87. The van der Waals surface area contributed by atoms with Gasteiger partial charge < -0.3 is 21.3 Å². The number of hydrogen-bond acceptors (Lipinski definition) is 4. The standard InChI is InChI=1S/C26H36FN5O2/c1-19-17-21(27)7-5-3-2-4-6-8-23(19)25(33)30-18-24(28)20-11-15-32(16-12-20)26(34)31-22-9-13-29-14-10-22/h5,7,9-10,13-14,17,20,23-24H,1-4,6,8,11-12,15-16,18,28H2,(H,30,33)(H,29,31,34)/b7-5-,21-17+. The third-order valence-electron chi connectivity index (χ3n) is 6.60. The van der Waals surface area contributed by atoms with Crippen molar-refractivity contribution in [2.45, 2.75) is 51.0 Å². The van der Waals surface area contributed by atoms with Gasteiger partial charge in [-0.2, -0.15) is 0 Å². The highest BCUT2D eigenvalue weighted by Gasteiger charge is 2.28. The van der Waals surface area contributed by atoms with Gasteiger partial charge in [0.2, 0.25) is 5.91 Å². The zero-order valence-corrected chi connectivity index (χ0v) is 19.7. The third kappa shape index (κ3) is 7.80. The molecule has 3 rings (SSSR count). The molecular formula is C26H36FN5O2. The second kappa shape index (κ2) is 13.0. The van der Waals surface area contributed by atoms with Crippen LogP contribution in [0.5, 0.6) is 0 Å². The molecule has 3 amide bonds. The molecule has 8 heteroatoms. The van der Waals surface area contributed by atoms with E-state index >= 15 is 0 Å². The van der Waals surface area contributed by atoms with Gasteiger partial charge >= 0.3 is 6.03 Å². The van der Waals surface area contributed by atoms with E-state index in [1.54, 1.807) is 29.4 Å². The molecule has 2 heterocycles. The number of anilines is 1. The van der Waals surface area contributed by atoms with Crippen molar-refractivity contribution in [2.24, 2.45) is 17.6 Å². The maximum absolute atomic E-state index is 14.1. The summed E-state index contributed by atoms with van der Waals surface area (Å²) in [6.07, 6.45) is 13.8. The molecule has 184 valence electrons. The molecule has 2 aliphatic rings. The zero-order valence-electron chi connectivity index (χ0n) is 19.7. The van der Waals surface area contributed by atoms with Crippen LogP contribution in [0.2, 0.25) is 0 Å². The first-order valence-electron chi connectivity index (χ1n) is 12.2. The Labute approximate surface area is 201 Å². The molecule has 2 atom stereocenters. The first-order valence-corrected chi connectivity index (χ1v) is 12.2. The molecule has 0 bridgehead atoms. The highest BCUT2D eigenvalue weighted by molar-refractivity contribution is 5.89. The van der Waals surface area contributed by atoms with Crippen molar-refractivity contribution in [3.63, 3.8) is 0 Å². The van der Waals surface area contributed by atoms with Crippen LogP contribution in [0, 0.1) is 11.8 Å². The van der Waals surface area contributed by atoms with Crippen LogP contribution in [-0.2, 0) is 4.79 Å². The monoisotopic (exact) mass is 469 g/mol. The van der Waals surface area contributed by atoms with E-state index in [1.165, 1.54) is 12.2 Å². The number of nitrogens with two attached hydrogens (primary N) is 1. The Morgan fingerprint density at radius 1 is 1.18 bits per heavy atom. The summed E-state index contributed by atoms with van der Waals surface area (Å²) in [4.78, 5) is 31.1. The molecule has 0 spiro atoms. The molecule has 1 fully saturated rings. The van der Waals surface area contributed by atoms with E-state index < -0.39 is 5.92 Å². The van der Waals surface area contributed by atoms with Gasteiger partial charge in [-0.15, -0.1) is 0 Å². The SMILES string of the molecule is C=C1/C=C(F)\C=C/CCCCCC1C(=O)NCC(N)C1CCN(C(=O)Nc2ccncc2)CC1. The number of hydrogen-bond donors (Lipinski definition) is 3. The summed E-state index contributed by atoms with van der Waals surface area (Å²) < 4.78 is 14.1. The Morgan fingerprint density at radius 2 is 1.91 bits per heavy atom. The fourth-order valence-corrected chi connectivity index (χ4v) is 4.47. The number of amides is 3. The molecule has 1 aromatic rings. The summed E-state index contributed by atoms with van der Waals surface area (Å²) in [6, 6.07) is 3.16.